The van der Waals surface area contributed by atoms with E-state index in [0.717, 1.165) is 6.42 Å². The van der Waals surface area contributed by atoms with Crippen molar-refractivity contribution in [3.63, 3.8) is 0 Å². The minimum absolute atomic E-state index is 0.170. The van der Waals surface area contributed by atoms with Crippen LogP contribution in [0, 0.1) is 6.92 Å². The zero-order valence-corrected chi connectivity index (χ0v) is 9.88. The van der Waals surface area contributed by atoms with Gasteiger partial charge in [0.05, 0.1) is 6.42 Å². The summed E-state index contributed by atoms with van der Waals surface area (Å²) in [5.41, 5.74) is 1.21. The van der Waals surface area contributed by atoms with Crippen molar-refractivity contribution in [1.82, 2.24) is 0 Å². The Hall–Kier alpha value is -0.960. The molecule has 0 saturated carbocycles. The van der Waals surface area contributed by atoms with Crippen molar-refractivity contribution >= 4 is 17.7 Å². The molecule has 0 saturated heterocycles. The molecule has 0 fully saturated rings. The molecule has 0 spiro atoms. The van der Waals surface area contributed by atoms with E-state index in [1.54, 1.807) is 11.8 Å². The van der Waals surface area contributed by atoms with Gasteiger partial charge in [-0.2, -0.15) is 0 Å². The van der Waals surface area contributed by atoms with Gasteiger partial charge in [0.1, 0.15) is 0 Å². The number of carboxylic acids is 1. The Morgan fingerprint density at radius 3 is 2.67 bits per heavy atom. The van der Waals surface area contributed by atoms with Crippen molar-refractivity contribution in [2.75, 3.05) is 0 Å². The summed E-state index contributed by atoms with van der Waals surface area (Å²) in [4.78, 5) is 11.8. The van der Waals surface area contributed by atoms with Crippen LogP contribution in [0.1, 0.15) is 25.3 Å². The molecule has 0 heterocycles. The minimum Gasteiger partial charge on any atom is -0.481 e. The molecule has 1 aromatic carbocycles. The first-order valence-corrected chi connectivity index (χ1v) is 5.95. The fourth-order valence-corrected chi connectivity index (χ4v) is 2.50. The van der Waals surface area contributed by atoms with Gasteiger partial charge in [-0.25, -0.2) is 0 Å². The molecule has 2 nitrogen and oxygen atoms in total. The zero-order chi connectivity index (χ0) is 11.3. The first kappa shape index (κ1) is 12.1. The normalized spacial score (nSPS) is 12.4. The molecule has 1 aromatic rings. The SMILES string of the molecule is CCC(CC(=O)O)Sc1ccccc1C. The standard InChI is InChI=1S/C12H16O2S/c1-3-10(8-12(13)14)15-11-7-5-4-6-9(11)2/h4-7,10H,3,8H2,1-2H3,(H,13,14). The number of aliphatic carboxylic acids is 1. The maximum absolute atomic E-state index is 10.6. The second-order valence-corrected chi connectivity index (χ2v) is 4.85. The predicted octanol–water partition coefficient (Wildman–Crippen LogP) is 3.34. The van der Waals surface area contributed by atoms with E-state index in [9.17, 15) is 4.79 Å². The first-order chi connectivity index (χ1) is 7.13. The summed E-state index contributed by atoms with van der Waals surface area (Å²) in [7, 11) is 0. The number of hydrogen-bond donors (Lipinski definition) is 1. The highest BCUT2D eigenvalue weighted by atomic mass is 32.2. The van der Waals surface area contributed by atoms with Crippen LogP contribution in [-0.4, -0.2) is 16.3 Å². The molecular weight excluding hydrogens is 208 g/mol. The van der Waals surface area contributed by atoms with Gasteiger partial charge in [0.25, 0.3) is 0 Å². The Labute approximate surface area is 94.7 Å². The summed E-state index contributed by atoms with van der Waals surface area (Å²) >= 11 is 1.66. The quantitative estimate of drug-likeness (QED) is 0.779. The van der Waals surface area contributed by atoms with Crippen molar-refractivity contribution in [2.24, 2.45) is 0 Å². The summed E-state index contributed by atoms with van der Waals surface area (Å²) in [6.45, 7) is 4.08. The third-order valence-corrected chi connectivity index (χ3v) is 3.79. The fraction of sp³-hybridized carbons (Fsp3) is 0.417. The lowest BCUT2D eigenvalue weighted by molar-refractivity contribution is -0.136. The van der Waals surface area contributed by atoms with Crippen LogP contribution in [0.4, 0.5) is 0 Å². The molecule has 0 radical (unpaired) electrons. The monoisotopic (exact) mass is 224 g/mol. The lowest BCUT2D eigenvalue weighted by Gasteiger charge is -2.13. The van der Waals surface area contributed by atoms with Crippen molar-refractivity contribution in [1.29, 1.82) is 0 Å². The van der Waals surface area contributed by atoms with Gasteiger partial charge in [-0.1, -0.05) is 25.1 Å². The predicted molar refractivity (Wildman–Crippen MR) is 63.4 cm³/mol. The van der Waals surface area contributed by atoms with Crippen LogP contribution in [0.25, 0.3) is 0 Å². The van der Waals surface area contributed by atoms with Crippen molar-refractivity contribution in [2.45, 2.75) is 36.8 Å². The number of carbonyl (C=O) groups is 1. The highest BCUT2D eigenvalue weighted by Gasteiger charge is 2.13. The Kier molecular flexibility index (Phi) is 4.69. The minimum atomic E-state index is -0.720. The van der Waals surface area contributed by atoms with Crippen molar-refractivity contribution in [3.05, 3.63) is 29.8 Å². The Bertz CT molecular complexity index is 336. The molecule has 0 amide bonds. The summed E-state index contributed by atoms with van der Waals surface area (Å²) in [6.07, 6.45) is 1.11. The number of aryl methyl sites for hydroxylation is 1. The van der Waals surface area contributed by atoms with E-state index in [0.29, 0.717) is 0 Å². The maximum Gasteiger partial charge on any atom is 0.304 e. The van der Waals surface area contributed by atoms with Crippen molar-refractivity contribution < 1.29 is 9.90 Å². The molecule has 82 valence electrons. The zero-order valence-electron chi connectivity index (χ0n) is 9.06. The molecule has 1 atom stereocenters. The van der Waals surface area contributed by atoms with Gasteiger partial charge < -0.3 is 5.11 Å². The van der Waals surface area contributed by atoms with Crippen LogP contribution in [-0.2, 0) is 4.79 Å². The highest BCUT2D eigenvalue weighted by Crippen LogP contribution is 2.29. The largest absolute Gasteiger partial charge is 0.481 e. The smallest absolute Gasteiger partial charge is 0.304 e. The van der Waals surface area contributed by atoms with Crippen LogP contribution in [0.3, 0.4) is 0 Å². The second-order valence-electron chi connectivity index (χ2n) is 3.51. The van der Waals surface area contributed by atoms with Crippen LogP contribution in [0.2, 0.25) is 0 Å². The van der Waals surface area contributed by atoms with Crippen LogP contribution in [0.15, 0.2) is 29.2 Å². The molecule has 15 heavy (non-hydrogen) atoms. The van der Waals surface area contributed by atoms with Gasteiger partial charge >= 0.3 is 5.97 Å². The highest BCUT2D eigenvalue weighted by molar-refractivity contribution is 8.00. The second kappa shape index (κ2) is 5.81. The van der Waals surface area contributed by atoms with Gasteiger partial charge in [-0.05, 0) is 25.0 Å². The number of thioether (sulfide) groups is 1. The van der Waals surface area contributed by atoms with Crippen LogP contribution in [0.5, 0.6) is 0 Å². The molecule has 0 aliphatic carbocycles. The van der Waals surface area contributed by atoms with Gasteiger partial charge in [0.2, 0.25) is 0 Å². The Morgan fingerprint density at radius 1 is 1.47 bits per heavy atom. The summed E-state index contributed by atoms with van der Waals surface area (Å²) < 4.78 is 0. The van der Waals surface area contributed by atoms with Crippen LogP contribution >= 0.6 is 11.8 Å². The number of rotatable bonds is 5. The van der Waals surface area contributed by atoms with Crippen LogP contribution < -0.4 is 0 Å². The van der Waals surface area contributed by atoms with Gasteiger partial charge in [0, 0.05) is 10.1 Å². The average molecular weight is 224 g/mol. The van der Waals surface area contributed by atoms with Crippen molar-refractivity contribution in [3.8, 4) is 0 Å². The van der Waals surface area contributed by atoms with Gasteiger partial charge in [-0.15, -0.1) is 11.8 Å². The molecule has 0 aromatic heterocycles. The van der Waals surface area contributed by atoms with E-state index in [1.165, 1.54) is 10.5 Å². The maximum atomic E-state index is 10.6. The summed E-state index contributed by atoms with van der Waals surface area (Å²) in [6, 6.07) is 8.08. The van der Waals surface area contributed by atoms with E-state index >= 15 is 0 Å². The number of benzene rings is 1. The summed E-state index contributed by atoms with van der Waals surface area (Å²) in [5.74, 6) is -0.720. The molecular formula is C12H16O2S. The fourth-order valence-electron chi connectivity index (χ4n) is 1.33. The molecule has 0 aliphatic heterocycles. The molecule has 1 unspecified atom stereocenters. The molecule has 3 heteroatoms. The third kappa shape index (κ3) is 3.96. The molecule has 0 bridgehead atoms. The van der Waals surface area contributed by atoms with Gasteiger partial charge in [-0.3, -0.25) is 4.79 Å². The molecule has 1 rings (SSSR count). The Morgan fingerprint density at radius 2 is 2.13 bits per heavy atom. The summed E-state index contributed by atoms with van der Waals surface area (Å²) in [5, 5.41) is 8.92. The lowest BCUT2D eigenvalue weighted by Crippen LogP contribution is -2.08. The lowest BCUT2D eigenvalue weighted by atomic mass is 10.2. The number of carboxylic acid groups (broad SMARTS) is 1. The third-order valence-electron chi connectivity index (χ3n) is 2.24. The molecule has 0 aliphatic rings. The van der Waals surface area contributed by atoms with Gasteiger partial charge in [0.15, 0.2) is 0 Å². The topological polar surface area (TPSA) is 37.3 Å². The first-order valence-electron chi connectivity index (χ1n) is 5.07. The average Bonchev–Trinajstić information content (AvgIpc) is 2.19. The molecule has 1 N–H and O–H groups in total. The Balaban J connectivity index is 2.66. The van der Waals surface area contributed by atoms with E-state index < -0.39 is 5.97 Å². The van der Waals surface area contributed by atoms with E-state index in [4.69, 9.17) is 5.11 Å². The van der Waals surface area contributed by atoms with E-state index in [-0.39, 0.29) is 11.7 Å². The van der Waals surface area contributed by atoms with E-state index in [1.807, 2.05) is 25.1 Å². The number of hydrogen-bond acceptors (Lipinski definition) is 2. The van der Waals surface area contributed by atoms with E-state index in [2.05, 4.69) is 13.0 Å².